The van der Waals surface area contributed by atoms with Crippen LogP contribution in [-0.4, -0.2) is 15.5 Å². The van der Waals surface area contributed by atoms with Crippen LogP contribution in [0.4, 0.5) is 4.39 Å². The van der Waals surface area contributed by atoms with E-state index in [2.05, 4.69) is 10.3 Å². The molecular formula is C24H21ClFN3O2. The van der Waals surface area contributed by atoms with Crippen LogP contribution in [0.1, 0.15) is 17.0 Å². The quantitative estimate of drug-likeness (QED) is 0.441. The molecule has 0 radical (unpaired) electrons. The zero-order valence-electron chi connectivity index (χ0n) is 16.9. The second-order valence-electron chi connectivity index (χ2n) is 7.21. The van der Waals surface area contributed by atoms with Crippen molar-refractivity contribution in [2.75, 3.05) is 0 Å². The molecule has 0 saturated heterocycles. The molecule has 0 fully saturated rings. The van der Waals surface area contributed by atoms with Crippen molar-refractivity contribution in [3.8, 4) is 5.75 Å². The molecule has 5 nitrogen and oxygen atoms in total. The highest BCUT2D eigenvalue weighted by Crippen LogP contribution is 2.23. The normalized spacial score (nSPS) is 10.9. The molecule has 0 aliphatic heterocycles. The number of rotatable bonds is 7. The fraction of sp³-hybridized carbons (Fsp3) is 0.167. The van der Waals surface area contributed by atoms with Crippen LogP contribution in [0.3, 0.4) is 0 Å². The number of nitrogens with one attached hydrogen (secondary N) is 1. The maximum atomic E-state index is 13.1. The van der Waals surface area contributed by atoms with Crippen LogP contribution in [-0.2, 0) is 24.5 Å². The molecule has 158 valence electrons. The third kappa shape index (κ3) is 5.03. The van der Waals surface area contributed by atoms with Gasteiger partial charge in [-0.05, 0) is 60.5 Å². The van der Waals surface area contributed by atoms with Gasteiger partial charge in [0.15, 0.2) is 0 Å². The number of aromatic nitrogens is 2. The van der Waals surface area contributed by atoms with E-state index < -0.39 is 0 Å². The Morgan fingerprint density at radius 1 is 1.13 bits per heavy atom. The van der Waals surface area contributed by atoms with Gasteiger partial charge in [0.05, 0.1) is 11.0 Å². The van der Waals surface area contributed by atoms with Crippen molar-refractivity contribution in [3.05, 3.63) is 94.5 Å². The average molecular weight is 438 g/mol. The second-order valence-corrected chi connectivity index (χ2v) is 7.61. The summed E-state index contributed by atoms with van der Waals surface area (Å²) in [5.74, 6) is 0.851. The number of amides is 1. The SMILES string of the molecule is Cc1cc(OCc2nc3ccccc3n2CC(=O)NCc2ccc(F)cc2)ccc1Cl. The first-order valence-corrected chi connectivity index (χ1v) is 10.2. The molecule has 31 heavy (non-hydrogen) atoms. The van der Waals surface area contributed by atoms with Gasteiger partial charge in [-0.2, -0.15) is 0 Å². The number of imidazole rings is 1. The molecule has 0 unspecified atom stereocenters. The van der Waals surface area contributed by atoms with Crippen LogP contribution in [0.2, 0.25) is 5.02 Å². The van der Waals surface area contributed by atoms with Crippen LogP contribution in [0, 0.1) is 12.7 Å². The number of carbonyl (C=O) groups is 1. The molecule has 0 aliphatic rings. The number of ether oxygens (including phenoxy) is 1. The van der Waals surface area contributed by atoms with Crippen molar-refractivity contribution < 1.29 is 13.9 Å². The van der Waals surface area contributed by atoms with Crippen molar-refractivity contribution in [2.45, 2.75) is 26.6 Å². The minimum atomic E-state index is -0.305. The molecular weight excluding hydrogens is 417 g/mol. The molecule has 1 aromatic heterocycles. The van der Waals surface area contributed by atoms with E-state index in [4.69, 9.17) is 16.3 Å². The predicted molar refractivity (Wildman–Crippen MR) is 119 cm³/mol. The van der Waals surface area contributed by atoms with Gasteiger partial charge in [-0.1, -0.05) is 35.9 Å². The number of nitrogens with zero attached hydrogens (tertiary/aromatic N) is 2. The third-order valence-electron chi connectivity index (χ3n) is 4.94. The Morgan fingerprint density at radius 2 is 1.90 bits per heavy atom. The number of benzene rings is 3. The van der Waals surface area contributed by atoms with Crippen LogP contribution in [0.5, 0.6) is 5.75 Å². The van der Waals surface area contributed by atoms with E-state index in [1.807, 2.05) is 41.8 Å². The number of carbonyl (C=O) groups excluding carboxylic acids is 1. The average Bonchev–Trinajstić information content (AvgIpc) is 3.11. The highest BCUT2D eigenvalue weighted by molar-refractivity contribution is 6.31. The van der Waals surface area contributed by atoms with E-state index in [-0.39, 0.29) is 24.9 Å². The summed E-state index contributed by atoms with van der Waals surface area (Å²) in [5, 5.41) is 3.55. The molecule has 0 bridgehead atoms. The molecule has 1 N–H and O–H groups in total. The number of para-hydroxylation sites is 2. The van der Waals surface area contributed by atoms with Crippen LogP contribution in [0.15, 0.2) is 66.7 Å². The molecule has 7 heteroatoms. The van der Waals surface area contributed by atoms with Gasteiger partial charge < -0.3 is 14.6 Å². The van der Waals surface area contributed by atoms with Crippen LogP contribution < -0.4 is 10.1 Å². The number of halogens is 2. The summed E-state index contributed by atoms with van der Waals surface area (Å²) in [5.41, 5.74) is 3.39. The second kappa shape index (κ2) is 9.18. The Balaban J connectivity index is 1.49. The van der Waals surface area contributed by atoms with Crippen molar-refractivity contribution in [1.29, 1.82) is 0 Å². The first kappa shape index (κ1) is 20.9. The van der Waals surface area contributed by atoms with E-state index in [0.717, 1.165) is 22.2 Å². The first-order valence-electron chi connectivity index (χ1n) is 9.84. The molecule has 0 spiro atoms. The van der Waals surface area contributed by atoms with Crippen LogP contribution in [0.25, 0.3) is 11.0 Å². The van der Waals surface area contributed by atoms with E-state index in [0.29, 0.717) is 23.1 Å². The number of fused-ring (bicyclic) bond motifs is 1. The van der Waals surface area contributed by atoms with Gasteiger partial charge in [0.1, 0.15) is 30.5 Å². The van der Waals surface area contributed by atoms with Gasteiger partial charge in [0.2, 0.25) is 5.91 Å². The van der Waals surface area contributed by atoms with E-state index in [1.54, 1.807) is 24.3 Å². The lowest BCUT2D eigenvalue weighted by Crippen LogP contribution is -2.28. The van der Waals surface area contributed by atoms with E-state index in [9.17, 15) is 9.18 Å². The topological polar surface area (TPSA) is 56.2 Å². The van der Waals surface area contributed by atoms with Gasteiger partial charge in [0.25, 0.3) is 0 Å². The smallest absolute Gasteiger partial charge is 0.240 e. The minimum absolute atomic E-state index is 0.0973. The van der Waals surface area contributed by atoms with E-state index in [1.165, 1.54) is 12.1 Å². The van der Waals surface area contributed by atoms with Crippen molar-refractivity contribution in [3.63, 3.8) is 0 Å². The highest BCUT2D eigenvalue weighted by atomic mass is 35.5. The Kier molecular flexibility index (Phi) is 6.18. The lowest BCUT2D eigenvalue weighted by atomic mass is 10.2. The maximum Gasteiger partial charge on any atom is 0.240 e. The summed E-state index contributed by atoms with van der Waals surface area (Å²) >= 11 is 6.08. The standard InChI is InChI=1S/C24H21ClFN3O2/c1-16-12-19(10-11-20(16)25)31-15-23-28-21-4-2-3-5-22(21)29(23)14-24(30)27-13-17-6-8-18(26)9-7-17/h2-12H,13-15H2,1H3,(H,27,30). The lowest BCUT2D eigenvalue weighted by molar-refractivity contribution is -0.121. The number of hydrogen-bond acceptors (Lipinski definition) is 3. The van der Waals surface area contributed by atoms with Gasteiger partial charge in [-0.15, -0.1) is 0 Å². The summed E-state index contributed by atoms with van der Waals surface area (Å²) in [6.07, 6.45) is 0. The van der Waals surface area contributed by atoms with E-state index >= 15 is 0 Å². The Labute approximate surface area is 184 Å². The van der Waals surface area contributed by atoms with Crippen molar-refractivity contribution in [1.82, 2.24) is 14.9 Å². The highest BCUT2D eigenvalue weighted by Gasteiger charge is 2.14. The van der Waals surface area contributed by atoms with Crippen molar-refractivity contribution >= 4 is 28.5 Å². The Morgan fingerprint density at radius 3 is 2.68 bits per heavy atom. The number of hydrogen-bond donors (Lipinski definition) is 1. The molecule has 1 heterocycles. The zero-order chi connectivity index (χ0) is 21.8. The minimum Gasteiger partial charge on any atom is -0.486 e. The molecule has 0 atom stereocenters. The molecule has 0 saturated carbocycles. The fourth-order valence-corrected chi connectivity index (χ4v) is 3.39. The predicted octanol–water partition coefficient (Wildman–Crippen LogP) is 5.03. The van der Waals surface area contributed by atoms with Gasteiger partial charge in [0, 0.05) is 11.6 Å². The largest absolute Gasteiger partial charge is 0.486 e. The summed E-state index contributed by atoms with van der Waals surface area (Å²) < 4.78 is 20.8. The molecule has 4 aromatic rings. The first-order chi connectivity index (χ1) is 15.0. The molecule has 3 aromatic carbocycles. The molecule has 4 rings (SSSR count). The Bertz CT molecular complexity index is 1220. The van der Waals surface area contributed by atoms with Crippen LogP contribution >= 0.6 is 11.6 Å². The Hall–Kier alpha value is -3.38. The monoisotopic (exact) mass is 437 g/mol. The number of aryl methyl sites for hydroxylation is 1. The maximum absolute atomic E-state index is 13.1. The van der Waals surface area contributed by atoms with Gasteiger partial charge in [-0.3, -0.25) is 4.79 Å². The third-order valence-corrected chi connectivity index (χ3v) is 5.36. The lowest BCUT2D eigenvalue weighted by Gasteiger charge is -2.12. The summed E-state index contributed by atoms with van der Waals surface area (Å²) in [6.45, 7) is 2.54. The zero-order valence-corrected chi connectivity index (χ0v) is 17.7. The summed E-state index contributed by atoms with van der Waals surface area (Å²) in [6, 6.07) is 19.1. The van der Waals surface area contributed by atoms with Crippen molar-refractivity contribution in [2.24, 2.45) is 0 Å². The van der Waals surface area contributed by atoms with Gasteiger partial charge in [-0.25, -0.2) is 9.37 Å². The summed E-state index contributed by atoms with van der Waals surface area (Å²) in [7, 11) is 0. The molecule has 0 aliphatic carbocycles. The fourth-order valence-electron chi connectivity index (χ4n) is 3.27. The molecule has 1 amide bonds. The van der Waals surface area contributed by atoms with Gasteiger partial charge >= 0.3 is 0 Å². The summed E-state index contributed by atoms with van der Waals surface area (Å²) in [4.78, 5) is 17.3.